The molecule has 2 aromatic rings. The van der Waals surface area contributed by atoms with Gasteiger partial charge in [-0.1, -0.05) is 12.1 Å². The summed E-state index contributed by atoms with van der Waals surface area (Å²) < 4.78 is 13.6. The molecule has 35 heavy (non-hydrogen) atoms. The summed E-state index contributed by atoms with van der Waals surface area (Å²) in [4.78, 5) is 36.8. The number of carbonyl (C=O) groups is 2. The molecule has 2 unspecified atom stereocenters. The van der Waals surface area contributed by atoms with Gasteiger partial charge in [-0.15, -0.1) is 0 Å². The summed E-state index contributed by atoms with van der Waals surface area (Å²) in [5, 5.41) is 6.56. The minimum absolute atomic E-state index is 0.0918. The molecule has 2 atom stereocenters. The van der Waals surface area contributed by atoms with Crippen LogP contribution >= 0.6 is 0 Å². The molecule has 4 fully saturated rings. The molecule has 186 valence electrons. The van der Waals surface area contributed by atoms with Gasteiger partial charge in [0.25, 0.3) is 11.8 Å². The van der Waals surface area contributed by atoms with Crippen LogP contribution in [0.3, 0.4) is 0 Å². The summed E-state index contributed by atoms with van der Waals surface area (Å²) >= 11 is 0. The molecule has 6 rings (SSSR count). The van der Waals surface area contributed by atoms with Crippen molar-refractivity contribution in [3.8, 4) is 0 Å². The summed E-state index contributed by atoms with van der Waals surface area (Å²) in [7, 11) is 4.10. The van der Waals surface area contributed by atoms with E-state index in [2.05, 4.69) is 25.5 Å². The molecule has 7 nitrogen and oxygen atoms in total. The molecular weight excluding hydrogens is 445 g/mol. The van der Waals surface area contributed by atoms with Gasteiger partial charge in [0.1, 0.15) is 11.4 Å². The second kappa shape index (κ2) is 9.30. The van der Waals surface area contributed by atoms with E-state index in [1.54, 1.807) is 6.07 Å². The first-order valence-corrected chi connectivity index (χ1v) is 12.6. The Hall–Kier alpha value is -2.87. The van der Waals surface area contributed by atoms with Crippen LogP contribution in [0.15, 0.2) is 36.4 Å². The molecule has 0 radical (unpaired) electrons. The summed E-state index contributed by atoms with van der Waals surface area (Å²) in [6.45, 7) is 0.975. The van der Waals surface area contributed by atoms with Crippen LogP contribution < -0.4 is 10.6 Å². The SMILES string of the molecule is CN(C)CCCc1cccc(C(=O)NC23CC4CC(CC(NC(=O)c5cccc(F)n5)(C4)C2)C3)n1. The van der Waals surface area contributed by atoms with E-state index in [4.69, 9.17) is 0 Å². The Labute approximate surface area is 205 Å². The first kappa shape index (κ1) is 23.9. The van der Waals surface area contributed by atoms with E-state index in [-0.39, 0.29) is 23.0 Å². The van der Waals surface area contributed by atoms with Gasteiger partial charge >= 0.3 is 0 Å². The van der Waals surface area contributed by atoms with E-state index in [0.717, 1.165) is 57.2 Å². The maximum Gasteiger partial charge on any atom is 0.270 e. The van der Waals surface area contributed by atoms with E-state index < -0.39 is 11.5 Å². The third-order valence-electron chi connectivity index (χ3n) is 7.84. The molecule has 0 aliphatic heterocycles. The number of aromatic nitrogens is 2. The third-order valence-corrected chi connectivity index (χ3v) is 7.84. The zero-order chi connectivity index (χ0) is 24.6. The Kier molecular flexibility index (Phi) is 6.34. The van der Waals surface area contributed by atoms with Crippen LogP contribution in [0.2, 0.25) is 0 Å². The molecule has 2 heterocycles. The molecule has 0 aromatic carbocycles. The van der Waals surface area contributed by atoms with Crippen molar-refractivity contribution < 1.29 is 14.0 Å². The van der Waals surface area contributed by atoms with E-state index in [1.807, 2.05) is 26.2 Å². The smallest absolute Gasteiger partial charge is 0.270 e. The Balaban J connectivity index is 1.30. The van der Waals surface area contributed by atoms with Gasteiger partial charge in [-0.3, -0.25) is 9.59 Å². The third kappa shape index (κ3) is 5.22. The molecular formula is C27H34FN5O2. The van der Waals surface area contributed by atoms with Gasteiger partial charge in [-0.25, -0.2) is 9.97 Å². The van der Waals surface area contributed by atoms with Crippen LogP contribution in [0.25, 0.3) is 0 Å². The highest BCUT2D eigenvalue weighted by Crippen LogP contribution is 2.57. The Morgan fingerprint density at radius 3 is 2.09 bits per heavy atom. The average Bonchev–Trinajstić information content (AvgIpc) is 2.77. The molecule has 0 spiro atoms. The van der Waals surface area contributed by atoms with Crippen LogP contribution in [0.5, 0.6) is 0 Å². The highest BCUT2D eigenvalue weighted by molar-refractivity contribution is 5.93. The van der Waals surface area contributed by atoms with E-state index in [0.29, 0.717) is 24.0 Å². The predicted octanol–water partition coefficient (Wildman–Crippen LogP) is 3.36. The van der Waals surface area contributed by atoms with Gasteiger partial charge in [-0.2, -0.15) is 4.39 Å². The van der Waals surface area contributed by atoms with Gasteiger partial charge in [0.2, 0.25) is 5.95 Å². The number of pyridine rings is 2. The van der Waals surface area contributed by atoms with Crippen LogP contribution in [0.1, 0.15) is 71.6 Å². The lowest BCUT2D eigenvalue weighted by atomic mass is 9.49. The van der Waals surface area contributed by atoms with Gasteiger partial charge in [0, 0.05) is 16.8 Å². The molecule has 4 saturated carbocycles. The minimum atomic E-state index is -0.664. The fourth-order valence-electron chi connectivity index (χ4n) is 7.02. The number of amides is 2. The van der Waals surface area contributed by atoms with Crippen LogP contribution in [-0.2, 0) is 6.42 Å². The topological polar surface area (TPSA) is 87.2 Å². The molecule has 8 heteroatoms. The summed E-state index contributed by atoms with van der Waals surface area (Å²) in [6.07, 6.45) is 7.26. The number of hydrogen-bond acceptors (Lipinski definition) is 5. The second-order valence-electron chi connectivity index (χ2n) is 11.2. The quantitative estimate of drug-likeness (QED) is 0.567. The molecule has 2 N–H and O–H groups in total. The summed E-state index contributed by atoms with van der Waals surface area (Å²) in [5.41, 5.74) is 0.714. The maximum absolute atomic E-state index is 13.6. The van der Waals surface area contributed by atoms with Crippen molar-refractivity contribution in [2.75, 3.05) is 20.6 Å². The van der Waals surface area contributed by atoms with Crippen molar-refractivity contribution in [1.29, 1.82) is 0 Å². The molecule has 4 aliphatic carbocycles. The summed E-state index contributed by atoms with van der Waals surface area (Å²) in [5.74, 6) is -0.261. The molecule has 0 saturated heterocycles. The van der Waals surface area contributed by atoms with Crippen LogP contribution in [0.4, 0.5) is 4.39 Å². The van der Waals surface area contributed by atoms with Crippen molar-refractivity contribution in [2.24, 2.45) is 11.8 Å². The van der Waals surface area contributed by atoms with Crippen LogP contribution in [0, 0.1) is 17.8 Å². The molecule has 2 amide bonds. The lowest BCUT2D eigenvalue weighted by Gasteiger charge is -2.62. The minimum Gasteiger partial charge on any atom is -0.345 e. The largest absolute Gasteiger partial charge is 0.345 e. The Morgan fingerprint density at radius 2 is 1.51 bits per heavy atom. The molecule has 2 aromatic heterocycles. The first-order valence-electron chi connectivity index (χ1n) is 12.6. The molecule has 4 aliphatic rings. The van der Waals surface area contributed by atoms with Gasteiger partial charge in [-0.05, 0) is 108 Å². The number of nitrogens with one attached hydrogen (secondary N) is 2. The Bertz CT molecular complexity index is 1110. The lowest BCUT2D eigenvalue weighted by molar-refractivity contribution is -0.0449. The van der Waals surface area contributed by atoms with Crippen molar-refractivity contribution in [2.45, 2.75) is 62.4 Å². The van der Waals surface area contributed by atoms with E-state index in [1.165, 1.54) is 18.2 Å². The number of rotatable bonds is 8. The average molecular weight is 480 g/mol. The number of halogens is 1. The van der Waals surface area contributed by atoms with Gasteiger partial charge < -0.3 is 15.5 Å². The van der Waals surface area contributed by atoms with Gasteiger partial charge in [0.05, 0.1) is 0 Å². The Morgan fingerprint density at radius 1 is 0.943 bits per heavy atom. The second-order valence-corrected chi connectivity index (χ2v) is 11.2. The maximum atomic E-state index is 13.6. The number of nitrogens with zero attached hydrogens (tertiary/aromatic N) is 3. The lowest BCUT2D eigenvalue weighted by Crippen LogP contribution is -2.70. The fraction of sp³-hybridized carbons (Fsp3) is 0.556. The standard InChI is InChI=1S/C27H34FN5O2/c1-33(2)11-5-7-20-6-3-8-21(29-20)24(34)31-26-13-18-12-19(14-26)16-27(15-18,17-26)32-25(35)22-9-4-10-23(28)30-22/h3-4,6,8-10,18-19H,5,7,11-17H2,1-2H3,(H,31,34)(H,32,35). The number of aryl methyl sites for hydroxylation is 1. The fourth-order valence-corrected chi connectivity index (χ4v) is 7.02. The monoisotopic (exact) mass is 479 g/mol. The predicted molar refractivity (Wildman–Crippen MR) is 130 cm³/mol. The highest BCUT2D eigenvalue weighted by atomic mass is 19.1. The highest BCUT2D eigenvalue weighted by Gasteiger charge is 2.58. The van der Waals surface area contributed by atoms with Crippen molar-refractivity contribution in [3.05, 3.63) is 59.4 Å². The van der Waals surface area contributed by atoms with E-state index >= 15 is 0 Å². The zero-order valence-corrected chi connectivity index (χ0v) is 20.5. The van der Waals surface area contributed by atoms with Crippen molar-refractivity contribution in [1.82, 2.24) is 25.5 Å². The number of carbonyl (C=O) groups excluding carboxylic acids is 2. The summed E-state index contributed by atoms with van der Waals surface area (Å²) in [6, 6.07) is 9.92. The van der Waals surface area contributed by atoms with Gasteiger partial charge in [0.15, 0.2) is 0 Å². The van der Waals surface area contributed by atoms with Crippen molar-refractivity contribution in [3.63, 3.8) is 0 Å². The molecule has 4 bridgehead atoms. The van der Waals surface area contributed by atoms with Crippen molar-refractivity contribution >= 4 is 11.8 Å². The normalized spacial score (nSPS) is 28.8. The zero-order valence-electron chi connectivity index (χ0n) is 20.5. The van der Waals surface area contributed by atoms with E-state index in [9.17, 15) is 14.0 Å². The van der Waals surface area contributed by atoms with Crippen LogP contribution in [-0.4, -0.2) is 58.4 Å². The number of hydrogen-bond donors (Lipinski definition) is 2. The first-order chi connectivity index (χ1) is 16.7.